The Bertz CT molecular complexity index is 961. The molecular weight excluding hydrogens is 290 g/mol. The third-order valence-electron chi connectivity index (χ3n) is 3.81. The molecule has 0 radical (unpaired) electrons. The molecule has 0 aliphatic rings. The normalized spacial score (nSPS) is 11.2. The number of fused-ring (bicyclic) bond motifs is 3. The van der Waals surface area contributed by atoms with E-state index in [0.29, 0.717) is 5.88 Å². The summed E-state index contributed by atoms with van der Waals surface area (Å²) in [5.41, 5.74) is 4.25. The standard InChI is InChI=1S/C18H15N3O2/c22-7-8-23-18-4-2-13(10-20-18)12-1-3-14-15-11-19-6-5-16(15)21-17(14)9-12/h1-6,9-11,21-22H,7-8H2. The highest BCUT2D eigenvalue weighted by atomic mass is 16.5. The van der Waals surface area contributed by atoms with Crippen LogP contribution in [-0.2, 0) is 0 Å². The summed E-state index contributed by atoms with van der Waals surface area (Å²) in [4.78, 5) is 11.9. The molecule has 4 rings (SSSR count). The van der Waals surface area contributed by atoms with E-state index in [0.717, 1.165) is 32.9 Å². The number of hydrogen-bond donors (Lipinski definition) is 2. The number of aliphatic hydroxyl groups is 1. The van der Waals surface area contributed by atoms with Gasteiger partial charge in [0.05, 0.1) is 6.61 Å². The molecule has 23 heavy (non-hydrogen) atoms. The van der Waals surface area contributed by atoms with Crippen LogP contribution in [0.2, 0.25) is 0 Å². The number of rotatable bonds is 4. The van der Waals surface area contributed by atoms with Crippen LogP contribution in [0, 0.1) is 0 Å². The van der Waals surface area contributed by atoms with Gasteiger partial charge in [-0.25, -0.2) is 4.98 Å². The predicted octanol–water partition coefficient (Wildman–Crippen LogP) is 3.15. The molecule has 0 atom stereocenters. The van der Waals surface area contributed by atoms with Crippen molar-refractivity contribution in [3.8, 4) is 17.0 Å². The highest BCUT2D eigenvalue weighted by Crippen LogP contribution is 2.29. The highest BCUT2D eigenvalue weighted by molar-refractivity contribution is 6.07. The average Bonchev–Trinajstić information content (AvgIpc) is 2.98. The van der Waals surface area contributed by atoms with Crippen molar-refractivity contribution >= 4 is 21.8 Å². The lowest BCUT2D eigenvalue weighted by Gasteiger charge is -2.05. The highest BCUT2D eigenvalue weighted by Gasteiger charge is 2.06. The van der Waals surface area contributed by atoms with Crippen molar-refractivity contribution in [3.63, 3.8) is 0 Å². The summed E-state index contributed by atoms with van der Waals surface area (Å²) in [5.74, 6) is 0.514. The SMILES string of the molecule is OCCOc1ccc(-c2ccc3c(c2)[nH]c2ccncc23)cn1. The van der Waals surface area contributed by atoms with Gasteiger partial charge in [-0.2, -0.15) is 0 Å². The van der Waals surface area contributed by atoms with E-state index in [4.69, 9.17) is 9.84 Å². The molecule has 5 heteroatoms. The minimum Gasteiger partial charge on any atom is -0.475 e. The topological polar surface area (TPSA) is 71.0 Å². The zero-order valence-corrected chi connectivity index (χ0v) is 12.4. The van der Waals surface area contributed by atoms with Crippen LogP contribution in [0.25, 0.3) is 32.9 Å². The summed E-state index contributed by atoms with van der Waals surface area (Å²) in [7, 11) is 0. The van der Waals surface area contributed by atoms with E-state index >= 15 is 0 Å². The number of ether oxygens (including phenoxy) is 1. The molecule has 0 saturated carbocycles. The Hall–Kier alpha value is -2.92. The number of aromatic amines is 1. The van der Waals surface area contributed by atoms with Gasteiger partial charge in [-0.15, -0.1) is 0 Å². The zero-order valence-electron chi connectivity index (χ0n) is 12.4. The Kier molecular flexibility index (Phi) is 3.40. The fraction of sp³-hybridized carbons (Fsp3) is 0.111. The monoisotopic (exact) mass is 305 g/mol. The van der Waals surface area contributed by atoms with Gasteiger partial charge < -0.3 is 14.8 Å². The summed E-state index contributed by atoms with van der Waals surface area (Å²) < 4.78 is 5.28. The minimum atomic E-state index is -0.0185. The van der Waals surface area contributed by atoms with Crippen LogP contribution in [0.3, 0.4) is 0 Å². The van der Waals surface area contributed by atoms with Crippen LogP contribution in [0.15, 0.2) is 55.0 Å². The number of benzene rings is 1. The molecular formula is C18H15N3O2. The molecule has 0 bridgehead atoms. The summed E-state index contributed by atoms with van der Waals surface area (Å²) in [6, 6.07) is 12.0. The smallest absolute Gasteiger partial charge is 0.213 e. The molecule has 5 nitrogen and oxygen atoms in total. The first-order valence-electron chi connectivity index (χ1n) is 7.41. The Labute approximate surface area is 132 Å². The number of nitrogens with one attached hydrogen (secondary N) is 1. The quantitative estimate of drug-likeness (QED) is 0.607. The molecule has 1 aromatic carbocycles. The first-order chi connectivity index (χ1) is 11.3. The van der Waals surface area contributed by atoms with E-state index in [1.54, 1.807) is 12.4 Å². The molecule has 0 saturated heterocycles. The van der Waals surface area contributed by atoms with Gasteiger partial charge in [0.2, 0.25) is 5.88 Å². The van der Waals surface area contributed by atoms with Crippen molar-refractivity contribution in [2.75, 3.05) is 13.2 Å². The van der Waals surface area contributed by atoms with E-state index in [1.807, 2.05) is 24.4 Å². The zero-order chi connectivity index (χ0) is 15.6. The van der Waals surface area contributed by atoms with Crippen molar-refractivity contribution in [2.24, 2.45) is 0 Å². The molecule has 114 valence electrons. The number of aromatic nitrogens is 3. The lowest BCUT2D eigenvalue weighted by atomic mass is 10.1. The van der Waals surface area contributed by atoms with Crippen LogP contribution < -0.4 is 4.74 Å². The Balaban J connectivity index is 1.72. The first-order valence-corrected chi connectivity index (χ1v) is 7.41. The lowest BCUT2D eigenvalue weighted by Crippen LogP contribution is -2.02. The first kappa shape index (κ1) is 13.7. The average molecular weight is 305 g/mol. The second-order valence-corrected chi connectivity index (χ2v) is 5.26. The van der Waals surface area contributed by atoms with Crippen molar-refractivity contribution in [2.45, 2.75) is 0 Å². The van der Waals surface area contributed by atoms with Gasteiger partial charge >= 0.3 is 0 Å². The Morgan fingerprint density at radius 2 is 1.87 bits per heavy atom. The fourth-order valence-corrected chi connectivity index (χ4v) is 2.71. The molecule has 0 amide bonds. The number of pyridine rings is 2. The molecule has 0 fully saturated rings. The van der Waals surface area contributed by atoms with Crippen LogP contribution in [-0.4, -0.2) is 33.3 Å². The van der Waals surface area contributed by atoms with Gasteiger partial charge in [-0.3, -0.25) is 4.98 Å². The van der Waals surface area contributed by atoms with Crippen LogP contribution >= 0.6 is 0 Å². The maximum atomic E-state index is 8.76. The summed E-state index contributed by atoms with van der Waals surface area (Å²) in [6.07, 6.45) is 5.44. The lowest BCUT2D eigenvalue weighted by molar-refractivity contribution is 0.196. The largest absolute Gasteiger partial charge is 0.475 e. The summed E-state index contributed by atoms with van der Waals surface area (Å²) in [6.45, 7) is 0.233. The summed E-state index contributed by atoms with van der Waals surface area (Å²) >= 11 is 0. The number of nitrogens with zero attached hydrogens (tertiary/aromatic N) is 2. The molecule has 2 N–H and O–H groups in total. The molecule has 0 unspecified atom stereocenters. The maximum Gasteiger partial charge on any atom is 0.213 e. The molecule has 4 aromatic rings. The molecule has 3 heterocycles. The van der Waals surface area contributed by atoms with E-state index in [9.17, 15) is 0 Å². The van der Waals surface area contributed by atoms with Gasteiger partial charge in [0, 0.05) is 52.0 Å². The van der Waals surface area contributed by atoms with Gasteiger partial charge in [0.15, 0.2) is 0 Å². The molecule has 0 aliphatic carbocycles. The van der Waals surface area contributed by atoms with Gasteiger partial charge in [0.25, 0.3) is 0 Å². The van der Waals surface area contributed by atoms with Gasteiger partial charge in [-0.05, 0) is 23.8 Å². The third kappa shape index (κ3) is 2.51. The number of hydrogen-bond acceptors (Lipinski definition) is 4. The van der Waals surface area contributed by atoms with E-state index in [-0.39, 0.29) is 13.2 Å². The van der Waals surface area contributed by atoms with Gasteiger partial charge in [-0.1, -0.05) is 12.1 Å². The summed E-state index contributed by atoms with van der Waals surface area (Å²) in [5, 5.41) is 11.0. The van der Waals surface area contributed by atoms with E-state index in [1.165, 1.54) is 0 Å². The van der Waals surface area contributed by atoms with E-state index in [2.05, 4.69) is 33.2 Å². The Morgan fingerprint density at radius 1 is 0.957 bits per heavy atom. The van der Waals surface area contributed by atoms with Crippen LogP contribution in [0.4, 0.5) is 0 Å². The second-order valence-electron chi connectivity index (χ2n) is 5.26. The molecule has 3 aromatic heterocycles. The minimum absolute atomic E-state index is 0.0185. The van der Waals surface area contributed by atoms with Crippen LogP contribution in [0.5, 0.6) is 5.88 Å². The number of H-pyrrole nitrogens is 1. The molecule has 0 aliphatic heterocycles. The van der Waals surface area contributed by atoms with Crippen molar-refractivity contribution in [3.05, 3.63) is 55.0 Å². The number of aliphatic hydroxyl groups excluding tert-OH is 1. The predicted molar refractivity (Wildman–Crippen MR) is 89.4 cm³/mol. The van der Waals surface area contributed by atoms with Crippen LogP contribution in [0.1, 0.15) is 0 Å². The Morgan fingerprint density at radius 3 is 2.70 bits per heavy atom. The maximum absolute atomic E-state index is 8.76. The van der Waals surface area contributed by atoms with Crippen molar-refractivity contribution < 1.29 is 9.84 Å². The van der Waals surface area contributed by atoms with Crippen molar-refractivity contribution in [1.29, 1.82) is 0 Å². The van der Waals surface area contributed by atoms with Crippen molar-refractivity contribution in [1.82, 2.24) is 15.0 Å². The second kappa shape index (κ2) is 5.70. The molecule has 0 spiro atoms. The fourth-order valence-electron chi connectivity index (χ4n) is 2.71. The van der Waals surface area contributed by atoms with E-state index < -0.39 is 0 Å². The van der Waals surface area contributed by atoms with Gasteiger partial charge in [0.1, 0.15) is 6.61 Å². The third-order valence-corrected chi connectivity index (χ3v) is 3.81.